The summed E-state index contributed by atoms with van der Waals surface area (Å²) in [4.78, 5) is 4.00. The van der Waals surface area contributed by atoms with Gasteiger partial charge in [-0.2, -0.15) is 8.42 Å². The Morgan fingerprint density at radius 3 is 2.86 bits per heavy atom. The maximum Gasteiger partial charge on any atom is 0.286 e. The van der Waals surface area contributed by atoms with Crippen molar-refractivity contribution in [2.24, 2.45) is 4.40 Å². The fraction of sp³-hybridized carbons (Fsp3) is 0.0769. The van der Waals surface area contributed by atoms with E-state index in [0.29, 0.717) is 11.4 Å². The molecule has 0 fully saturated rings. The van der Waals surface area contributed by atoms with Gasteiger partial charge < -0.3 is 5.32 Å². The zero-order valence-corrected chi connectivity index (χ0v) is 12.3. The quantitative estimate of drug-likeness (QED) is 0.920. The highest BCUT2D eigenvalue weighted by Gasteiger charge is 2.25. The first-order chi connectivity index (χ1) is 10.0. The number of hydrogen-bond donors (Lipinski definition) is 1. The van der Waals surface area contributed by atoms with Crippen LogP contribution in [0.25, 0.3) is 0 Å². The number of aromatic nitrogens is 1. The molecule has 1 aliphatic heterocycles. The lowest BCUT2D eigenvalue weighted by molar-refractivity contribution is 0.592. The molecule has 0 bridgehead atoms. The highest BCUT2D eigenvalue weighted by atomic mass is 32.2. The van der Waals surface area contributed by atoms with Gasteiger partial charge >= 0.3 is 0 Å². The second-order valence-electron chi connectivity index (χ2n) is 4.25. The molecule has 1 aromatic heterocycles. The summed E-state index contributed by atoms with van der Waals surface area (Å²) in [6, 6.07) is 9.05. The van der Waals surface area contributed by atoms with E-state index in [0.717, 1.165) is 11.8 Å². The standard InChI is InChI=1S/C13H10FN3O2S2/c14-9-4-5-11-12(7-9)21(18,19)17-13(16-11)20-8-10-3-1-2-6-15-10/h1-7H,8H2,(H,16,17). The molecule has 1 aliphatic rings. The minimum absolute atomic E-state index is 0.148. The number of anilines is 1. The average molecular weight is 323 g/mol. The van der Waals surface area contributed by atoms with Gasteiger partial charge in [-0.25, -0.2) is 4.39 Å². The van der Waals surface area contributed by atoms with E-state index in [1.165, 1.54) is 23.9 Å². The van der Waals surface area contributed by atoms with E-state index in [1.54, 1.807) is 12.3 Å². The Morgan fingerprint density at radius 2 is 2.10 bits per heavy atom. The predicted octanol–water partition coefficient (Wildman–Crippen LogP) is 2.62. The van der Waals surface area contributed by atoms with Crippen molar-refractivity contribution in [3.05, 3.63) is 54.1 Å². The lowest BCUT2D eigenvalue weighted by atomic mass is 10.3. The van der Waals surface area contributed by atoms with E-state index in [9.17, 15) is 12.8 Å². The average Bonchev–Trinajstić information content (AvgIpc) is 2.47. The minimum Gasteiger partial charge on any atom is -0.333 e. The second-order valence-corrected chi connectivity index (χ2v) is 6.78. The number of amidine groups is 1. The molecule has 2 aromatic rings. The number of thioether (sulfide) groups is 1. The van der Waals surface area contributed by atoms with Gasteiger partial charge in [0.25, 0.3) is 10.0 Å². The molecule has 108 valence electrons. The number of halogens is 1. The summed E-state index contributed by atoms with van der Waals surface area (Å²) in [6.07, 6.45) is 1.67. The molecule has 0 spiro atoms. The Hall–Kier alpha value is -1.93. The molecule has 0 saturated heterocycles. The molecular weight excluding hydrogens is 313 g/mol. The molecule has 0 atom stereocenters. The number of sulfonamides is 1. The lowest BCUT2D eigenvalue weighted by Gasteiger charge is -2.17. The van der Waals surface area contributed by atoms with E-state index in [1.807, 2.05) is 12.1 Å². The van der Waals surface area contributed by atoms with Crippen molar-refractivity contribution in [3.8, 4) is 0 Å². The Kier molecular flexibility index (Phi) is 3.64. The fourth-order valence-electron chi connectivity index (χ4n) is 1.80. The Morgan fingerprint density at radius 1 is 1.24 bits per heavy atom. The van der Waals surface area contributed by atoms with Crippen molar-refractivity contribution < 1.29 is 12.8 Å². The summed E-state index contributed by atoms with van der Waals surface area (Å²) in [5, 5.41) is 3.14. The highest BCUT2D eigenvalue weighted by molar-refractivity contribution is 8.14. The third-order valence-corrected chi connectivity index (χ3v) is 5.09. The Bertz CT molecular complexity index is 807. The van der Waals surface area contributed by atoms with E-state index >= 15 is 0 Å². The Balaban J connectivity index is 1.83. The van der Waals surface area contributed by atoms with Crippen LogP contribution >= 0.6 is 11.8 Å². The summed E-state index contributed by atoms with van der Waals surface area (Å²) in [5.41, 5.74) is 1.14. The van der Waals surface area contributed by atoms with Gasteiger partial charge in [0.2, 0.25) is 0 Å². The van der Waals surface area contributed by atoms with Crippen molar-refractivity contribution in [3.63, 3.8) is 0 Å². The topological polar surface area (TPSA) is 71.4 Å². The van der Waals surface area contributed by atoms with Crippen LogP contribution in [0, 0.1) is 5.82 Å². The molecule has 5 nitrogen and oxygen atoms in total. The van der Waals surface area contributed by atoms with Crippen LogP contribution in [0.5, 0.6) is 0 Å². The fourth-order valence-corrected chi connectivity index (χ4v) is 3.96. The van der Waals surface area contributed by atoms with Gasteiger partial charge in [0, 0.05) is 11.9 Å². The smallest absolute Gasteiger partial charge is 0.286 e. The normalized spacial score (nSPS) is 15.8. The minimum atomic E-state index is -3.87. The molecule has 1 N–H and O–H groups in total. The van der Waals surface area contributed by atoms with Crippen LogP contribution < -0.4 is 5.32 Å². The molecular formula is C13H10FN3O2S2. The molecule has 0 saturated carbocycles. The van der Waals surface area contributed by atoms with Crippen molar-refractivity contribution in [1.29, 1.82) is 0 Å². The highest BCUT2D eigenvalue weighted by Crippen LogP contribution is 2.30. The van der Waals surface area contributed by atoms with E-state index in [4.69, 9.17) is 0 Å². The summed E-state index contributed by atoms with van der Waals surface area (Å²) >= 11 is 1.22. The molecule has 2 heterocycles. The van der Waals surface area contributed by atoms with Crippen LogP contribution in [0.15, 0.2) is 51.9 Å². The molecule has 21 heavy (non-hydrogen) atoms. The van der Waals surface area contributed by atoms with E-state index < -0.39 is 15.8 Å². The number of nitrogens with zero attached hydrogens (tertiary/aromatic N) is 2. The van der Waals surface area contributed by atoms with Crippen LogP contribution in [0.4, 0.5) is 10.1 Å². The van der Waals surface area contributed by atoms with E-state index in [-0.39, 0.29) is 10.1 Å². The summed E-state index contributed by atoms with van der Waals surface area (Å²) in [7, 11) is -3.87. The van der Waals surface area contributed by atoms with Gasteiger partial charge in [0.1, 0.15) is 10.7 Å². The maximum atomic E-state index is 13.2. The molecule has 0 radical (unpaired) electrons. The van der Waals surface area contributed by atoms with Crippen molar-refractivity contribution in [2.75, 3.05) is 5.32 Å². The van der Waals surface area contributed by atoms with Crippen molar-refractivity contribution in [2.45, 2.75) is 10.6 Å². The van der Waals surface area contributed by atoms with Crippen LogP contribution in [0.3, 0.4) is 0 Å². The SMILES string of the molecule is O=S1(=O)N=C(SCc2ccccn2)Nc2ccc(F)cc21. The van der Waals surface area contributed by atoms with Gasteiger partial charge in [-0.1, -0.05) is 17.8 Å². The van der Waals surface area contributed by atoms with Gasteiger partial charge in [-0.05, 0) is 30.3 Å². The van der Waals surface area contributed by atoms with E-state index in [2.05, 4.69) is 14.7 Å². The summed E-state index contributed by atoms with van der Waals surface area (Å²) < 4.78 is 40.9. The maximum absolute atomic E-state index is 13.2. The molecule has 1 aromatic carbocycles. The first kappa shape index (κ1) is 14.0. The monoisotopic (exact) mass is 323 g/mol. The summed E-state index contributed by atoms with van der Waals surface area (Å²) in [5.74, 6) is -0.127. The second kappa shape index (κ2) is 5.45. The first-order valence-corrected chi connectivity index (χ1v) is 8.41. The van der Waals surface area contributed by atoms with Gasteiger partial charge in [0.05, 0.1) is 11.4 Å². The predicted molar refractivity (Wildman–Crippen MR) is 80.2 cm³/mol. The van der Waals surface area contributed by atoms with Crippen LogP contribution in [0.2, 0.25) is 0 Å². The van der Waals surface area contributed by atoms with Gasteiger partial charge in [-0.15, -0.1) is 4.40 Å². The largest absolute Gasteiger partial charge is 0.333 e. The zero-order valence-electron chi connectivity index (χ0n) is 10.7. The van der Waals surface area contributed by atoms with Crippen LogP contribution in [0.1, 0.15) is 5.69 Å². The van der Waals surface area contributed by atoms with Crippen molar-refractivity contribution in [1.82, 2.24) is 4.98 Å². The van der Waals surface area contributed by atoms with Crippen LogP contribution in [-0.4, -0.2) is 18.6 Å². The zero-order chi connectivity index (χ0) is 14.9. The molecule has 8 heteroatoms. The number of rotatable bonds is 2. The molecule has 3 rings (SSSR count). The molecule has 0 unspecified atom stereocenters. The number of benzene rings is 1. The molecule has 0 aliphatic carbocycles. The molecule has 0 amide bonds. The third kappa shape index (κ3) is 3.06. The van der Waals surface area contributed by atoms with Gasteiger partial charge in [-0.3, -0.25) is 4.98 Å². The lowest BCUT2D eigenvalue weighted by Crippen LogP contribution is -2.19. The number of hydrogen-bond acceptors (Lipinski definition) is 5. The van der Waals surface area contributed by atoms with Crippen molar-refractivity contribution >= 4 is 32.6 Å². The third-order valence-electron chi connectivity index (χ3n) is 2.75. The van der Waals surface area contributed by atoms with Crippen LogP contribution in [-0.2, 0) is 15.8 Å². The number of nitrogens with one attached hydrogen (secondary N) is 1. The summed E-state index contributed by atoms with van der Waals surface area (Å²) in [6.45, 7) is 0. The van der Waals surface area contributed by atoms with Gasteiger partial charge in [0.15, 0.2) is 5.17 Å². The first-order valence-electron chi connectivity index (χ1n) is 5.99. The Labute approximate surface area is 125 Å². The number of fused-ring (bicyclic) bond motifs is 1. The number of pyridine rings is 1.